The lowest BCUT2D eigenvalue weighted by molar-refractivity contribution is 0.622. The molecule has 4 heteroatoms. The van der Waals surface area contributed by atoms with Crippen molar-refractivity contribution >= 4 is 26.8 Å². The highest BCUT2D eigenvalue weighted by Crippen LogP contribution is 2.26. The Morgan fingerprint density at radius 3 is 2.73 bits per heavy atom. The predicted molar refractivity (Wildman–Crippen MR) is 61.6 cm³/mol. The number of aromatic nitrogens is 1. The molecular weight excluding hydrogens is 261 g/mol. The van der Waals surface area contributed by atoms with Crippen molar-refractivity contribution < 1.29 is 4.39 Å². The lowest BCUT2D eigenvalue weighted by atomic mass is 10.1. The van der Waals surface area contributed by atoms with Crippen molar-refractivity contribution in [3.05, 3.63) is 44.4 Å². The van der Waals surface area contributed by atoms with E-state index >= 15 is 0 Å². The highest BCUT2D eigenvalue weighted by atomic mass is 79.9. The Hall–Kier alpha value is -1.16. The fourth-order valence-corrected chi connectivity index (χ4v) is 2.27. The van der Waals surface area contributed by atoms with Gasteiger partial charge < -0.3 is 4.57 Å². The van der Waals surface area contributed by atoms with E-state index in [9.17, 15) is 9.18 Å². The zero-order valence-electron chi connectivity index (χ0n) is 8.34. The van der Waals surface area contributed by atoms with E-state index in [1.54, 1.807) is 19.2 Å². The van der Waals surface area contributed by atoms with Gasteiger partial charge in [-0.15, -0.1) is 0 Å². The zero-order chi connectivity index (χ0) is 11.2. The third-order valence-electron chi connectivity index (χ3n) is 2.50. The summed E-state index contributed by atoms with van der Waals surface area (Å²) in [7, 11) is 1.63. The van der Waals surface area contributed by atoms with Gasteiger partial charge in [0.05, 0.1) is 9.99 Å². The molecular formula is C11H9BrFNO. The average molecular weight is 270 g/mol. The first-order valence-electron chi connectivity index (χ1n) is 4.46. The van der Waals surface area contributed by atoms with Gasteiger partial charge in [0.1, 0.15) is 5.82 Å². The molecule has 0 aliphatic carbocycles. The number of hydrogen-bond donors (Lipinski definition) is 0. The van der Waals surface area contributed by atoms with Gasteiger partial charge in [0, 0.05) is 18.5 Å². The van der Waals surface area contributed by atoms with Gasteiger partial charge in [0.25, 0.3) is 5.56 Å². The third-order valence-corrected chi connectivity index (χ3v) is 3.25. The monoisotopic (exact) mass is 269 g/mol. The number of benzene rings is 1. The summed E-state index contributed by atoms with van der Waals surface area (Å²) in [6.45, 7) is 1.84. The van der Waals surface area contributed by atoms with E-state index in [0.717, 1.165) is 10.9 Å². The Morgan fingerprint density at radius 1 is 1.40 bits per heavy atom. The summed E-state index contributed by atoms with van der Waals surface area (Å²) >= 11 is 3.17. The van der Waals surface area contributed by atoms with Crippen LogP contribution in [0.4, 0.5) is 4.39 Å². The van der Waals surface area contributed by atoms with Crippen LogP contribution in [0.1, 0.15) is 5.56 Å². The van der Waals surface area contributed by atoms with Crippen LogP contribution >= 0.6 is 15.9 Å². The van der Waals surface area contributed by atoms with Crippen LogP contribution in [0.2, 0.25) is 0 Å². The Kier molecular flexibility index (Phi) is 2.38. The molecule has 2 nitrogen and oxygen atoms in total. The van der Waals surface area contributed by atoms with Crippen molar-refractivity contribution in [1.82, 2.24) is 4.57 Å². The number of fused-ring (bicyclic) bond motifs is 1. The summed E-state index contributed by atoms with van der Waals surface area (Å²) in [5.74, 6) is -0.358. The van der Waals surface area contributed by atoms with E-state index in [1.807, 2.05) is 6.92 Å². The van der Waals surface area contributed by atoms with E-state index in [2.05, 4.69) is 15.9 Å². The van der Waals surface area contributed by atoms with Crippen molar-refractivity contribution in [1.29, 1.82) is 0 Å². The molecule has 0 atom stereocenters. The number of halogens is 2. The maximum atomic E-state index is 13.3. The molecule has 2 rings (SSSR count). The lowest BCUT2D eigenvalue weighted by Gasteiger charge is -2.09. The SMILES string of the molecule is Cc1cc(=O)n(C)c2c(Br)c(F)ccc12. The van der Waals surface area contributed by atoms with Crippen LogP contribution < -0.4 is 5.56 Å². The molecule has 15 heavy (non-hydrogen) atoms. The van der Waals surface area contributed by atoms with Crippen LogP contribution in [0.25, 0.3) is 10.9 Å². The second-order valence-electron chi connectivity index (χ2n) is 3.48. The molecule has 0 aliphatic rings. The van der Waals surface area contributed by atoms with Gasteiger partial charge in [0.2, 0.25) is 0 Å². The quantitative estimate of drug-likeness (QED) is 0.721. The molecule has 2 aromatic rings. The average Bonchev–Trinajstić information content (AvgIpc) is 2.19. The van der Waals surface area contributed by atoms with Crippen LogP contribution in [-0.4, -0.2) is 4.57 Å². The molecule has 0 saturated heterocycles. The molecule has 1 aromatic heterocycles. The first kappa shape index (κ1) is 10.4. The lowest BCUT2D eigenvalue weighted by Crippen LogP contribution is -2.17. The fraction of sp³-hybridized carbons (Fsp3) is 0.182. The van der Waals surface area contributed by atoms with Gasteiger partial charge in [-0.1, -0.05) is 0 Å². The third kappa shape index (κ3) is 1.49. The molecule has 1 heterocycles. The molecule has 0 bridgehead atoms. The van der Waals surface area contributed by atoms with E-state index in [-0.39, 0.29) is 11.4 Å². The smallest absolute Gasteiger partial charge is 0.251 e. The maximum Gasteiger partial charge on any atom is 0.251 e. The Bertz CT molecular complexity index is 604. The predicted octanol–water partition coefficient (Wildman–Crippen LogP) is 2.75. The van der Waals surface area contributed by atoms with Crippen molar-refractivity contribution in [3.63, 3.8) is 0 Å². The molecule has 0 amide bonds. The van der Waals surface area contributed by atoms with Crippen molar-refractivity contribution in [2.75, 3.05) is 0 Å². The minimum absolute atomic E-state index is 0.133. The summed E-state index contributed by atoms with van der Waals surface area (Å²) < 4.78 is 15.1. The van der Waals surface area contributed by atoms with Crippen molar-refractivity contribution in [3.8, 4) is 0 Å². The molecule has 78 valence electrons. The van der Waals surface area contributed by atoms with Gasteiger partial charge in [-0.05, 0) is 40.5 Å². The Morgan fingerprint density at radius 2 is 2.07 bits per heavy atom. The maximum absolute atomic E-state index is 13.3. The first-order valence-corrected chi connectivity index (χ1v) is 5.26. The van der Waals surface area contributed by atoms with Crippen molar-refractivity contribution in [2.45, 2.75) is 6.92 Å². The van der Waals surface area contributed by atoms with Crippen LogP contribution in [0, 0.1) is 12.7 Å². The highest BCUT2D eigenvalue weighted by Gasteiger charge is 2.10. The van der Waals surface area contributed by atoms with Gasteiger partial charge in [-0.2, -0.15) is 0 Å². The van der Waals surface area contributed by atoms with Crippen LogP contribution in [0.3, 0.4) is 0 Å². The van der Waals surface area contributed by atoms with E-state index < -0.39 is 0 Å². The van der Waals surface area contributed by atoms with Crippen LogP contribution in [-0.2, 0) is 7.05 Å². The second kappa shape index (κ2) is 3.45. The van der Waals surface area contributed by atoms with Gasteiger partial charge in [-0.25, -0.2) is 4.39 Å². The number of aryl methyl sites for hydroxylation is 2. The number of rotatable bonds is 0. The molecule has 0 unspecified atom stereocenters. The van der Waals surface area contributed by atoms with Gasteiger partial charge >= 0.3 is 0 Å². The highest BCUT2D eigenvalue weighted by molar-refractivity contribution is 9.10. The molecule has 0 N–H and O–H groups in total. The summed E-state index contributed by atoms with van der Waals surface area (Å²) in [5.41, 5.74) is 1.32. The second-order valence-corrected chi connectivity index (χ2v) is 4.28. The minimum atomic E-state index is -0.358. The van der Waals surface area contributed by atoms with Crippen LogP contribution in [0.5, 0.6) is 0 Å². The van der Waals surface area contributed by atoms with Gasteiger partial charge in [0.15, 0.2) is 0 Å². The molecule has 0 spiro atoms. The molecule has 0 fully saturated rings. The zero-order valence-corrected chi connectivity index (χ0v) is 9.93. The topological polar surface area (TPSA) is 22.0 Å². The molecule has 0 aliphatic heterocycles. The normalized spacial score (nSPS) is 10.9. The summed E-state index contributed by atoms with van der Waals surface area (Å²) in [6, 6.07) is 4.63. The standard InChI is InChI=1S/C11H9BrFNO/c1-6-5-9(15)14(2)11-7(6)3-4-8(13)10(11)12/h3-5H,1-2H3. The number of pyridine rings is 1. The summed E-state index contributed by atoms with van der Waals surface area (Å²) in [6.07, 6.45) is 0. The van der Waals surface area contributed by atoms with E-state index in [0.29, 0.717) is 9.99 Å². The van der Waals surface area contributed by atoms with Gasteiger partial charge in [-0.3, -0.25) is 4.79 Å². The minimum Gasteiger partial charge on any atom is -0.310 e. The fourth-order valence-electron chi connectivity index (χ4n) is 1.66. The first-order chi connectivity index (χ1) is 7.02. The summed E-state index contributed by atoms with van der Waals surface area (Å²) in [5, 5.41) is 0.880. The molecule has 0 saturated carbocycles. The molecule has 0 radical (unpaired) electrons. The Labute approximate surface area is 94.5 Å². The Balaban J connectivity index is 3.11. The molecule has 1 aromatic carbocycles. The largest absolute Gasteiger partial charge is 0.310 e. The number of nitrogens with zero attached hydrogens (tertiary/aromatic N) is 1. The van der Waals surface area contributed by atoms with Crippen LogP contribution in [0.15, 0.2) is 27.5 Å². The van der Waals surface area contributed by atoms with E-state index in [1.165, 1.54) is 10.6 Å². The summed E-state index contributed by atoms with van der Waals surface area (Å²) in [4.78, 5) is 11.5. The number of hydrogen-bond acceptors (Lipinski definition) is 1. The van der Waals surface area contributed by atoms with E-state index in [4.69, 9.17) is 0 Å². The van der Waals surface area contributed by atoms with Crippen molar-refractivity contribution in [2.24, 2.45) is 7.05 Å².